The second-order valence-electron chi connectivity index (χ2n) is 3.72. The van der Waals surface area contributed by atoms with Crippen molar-refractivity contribution in [1.82, 2.24) is 10.3 Å². The SMILES string of the molecule is CC1C(=O)N(CCC(=O)NN)C(=O)C1C. The number of hydrazine groups is 1. The fraction of sp³-hybridized carbons (Fsp3) is 0.667. The highest BCUT2D eigenvalue weighted by molar-refractivity contribution is 6.04. The zero-order chi connectivity index (χ0) is 11.6. The summed E-state index contributed by atoms with van der Waals surface area (Å²) >= 11 is 0. The van der Waals surface area contributed by atoms with Crippen LogP contribution in [0.2, 0.25) is 0 Å². The molecule has 2 atom stereocenters. The molecule has 3 N–H and O–H groups in total. The number of carbonyl (C=O) groups excluding carboxylic acids is 3. The molecule has 6 heteroatoms. The molecule has 3 amide bonds. The van der Waals surface area contributed by atoms with Gasteiger partial charge in [-0.05, 0) is 0 Å². The molecule has 15 heavy (non-hydrogen) atoms. The quantitative estimate of drug-likeness (QED) is 0.272. The van der Waals surface area contributed by atoms with Gasteiger partial charge in [-0.25, -0.2) is 5.84 Å². The average molecular weight is 213 g/mol. The number of hydrogen-bond donors (Lipinski definition) is 2. The van der Waals surface area contributed by atoms with E-state index in [1.807, 2.05) is 5.43 Å². The van der Waals surface area contributed by atoms with E-state index < -0.39 is 0 Å². The third kappa shape index (κ3) is 2.15. The molecule has 0 bridgehead atoms. The fourth-order valence-corrected chi connectivity index (χ4v) is 1.53. The van der Waals surface area contributed by atoms with Crippen molar-refractivity contribution in [2.24, 2.45) is 17.7 Å². The largest absolute Gasteiger partial charge is 0.294 e. The van der Waals surface area contributed by atoms with Gasteiger partial charge < -0.3 is 0 Å². The van der Waals surface area contributed by atoms with Crippen LogP contribution in [0.1, 0.15) is 20.3 Å². The van der Waals surface area contributed by atoms with E-state index in [9.17, 15) is 14.4 Å². The van der Waals surface area contributed by atoms with Crippen LogP contribution >= 0.6 is 0 Å². The van der Waals surface area contributed by atoms with E-state index in [1.54, 1.807) is 13.8 Å². The van der Waals surface area contributed by atoms with Crippen LogP contribution in [0, 0.1) is 11.8 Å². The molecule has 0 aromatic carbocycles. The van der Waals surface area contributed by atoms with Crippen molar-refractivity contribution < 1.29 is 14.4 Å². The van der Waals surface area contributed by atoms with Gasteiger partial charge in [0.1, 0.15) is 0 Å². The summed E-state index contributed by atoms with van der Waals surface area (Å²) in [5, 5.41) is 0. The van der Waals surface area contributed by atoms with E-state index in [0.717, 1.165) is 4.90 Å². The second-order valence-corrected chi connectivity index (χ2v) is 3.72. The molecule has 0 radical (unpaired) electrons. The predicted molar refractivity (Wildman–Crippen MR) is 52.0 cm³/mol. The molecule has 0 spiro atoms. The molecule has 1 aliphatic rings. The molecule has 1 heterocycles. The zero-order valence-corrected chi connectivity index (χ0v) is 8.82. The summed E-state index contributed by atoms with van der Waals surface area (Å²) in [5.74, 6) is 3.50. The van der Waals surface area contributed by atoms with Crippen molar-refractivity contribution in [3.63, 3.8) is 0 Å². The Hall–Kier alpha value is -1.43. The Morgan fingerprint density at radius 3 is 2.20 bits per heavy atom. The van der Waals surface area contributed by atoms with E-state index in [4.69, 9.17) is 5.84 Å². The second kappa shape index (κ2) is 4.39. The van der Waals surface area contributed by atoms with Gasteiger partial charge in [0, 0.05) is 24.8 Å². The van der Waals surface area contributed by atoms with Crippen LogP contribution in [0.25, 0.3) is 0 Å². The number of hydrogen-bond acceptors (Lipinski definition) is 4. The zero-order valence-electron chi connectivity index (χ0n) is 8.82. The number of nitrogens with two attached hydrogens (primary N) is 1. The maximum Gasteiger partial charge on any atom is 0.235 e. The van der Waals surface area contributed by atoms with Gasteiger partial charge in [-0.3, -0.25) is 24.7 Å². The maximum atomic E-state index is 11.6. The minimum Gasteiger partial charge on any atom is -0.294 e. The number of amides is 3. The molecule has 84 valence electrons. The Labute approximate surface area is 87.8 Å². The molecule has 0 aromatic rings. The van der Waals surface area contributed by atoms with Crippen LogP contribution in [0.4, 0.5) is 0 Å². The van der Waals surface area contributed by atoms with E-state index in [1.165, 1.54) is 0 Å². The summed E-state index contributed by atoms with van der Waals surface area (Å²) < 4.78 is 0. The normalized spacial score (nSPS) is 25.9. The molecular formula is C9H15N3O3. The van der Waals surface area contributed by atoms with E-state index >= 15 is 0 Å². The van der Waals surface area contributed by atoms with Gasteiger partial charge in [0.2, 0.25) is 17.7 Å². The number of likely N-dealkylation sites (tertiary alicyclic amines) is 1. The first-order chi connectivity index (χ1) is 6.99. The summed E-state index contributed by atoms with van der Waals surface area (Å²) in [7, 11) is 0. The third-order valence-corrected chi connectivity index (χ3v) is 2.78. The van der Waals surface area contributed by atoms with Gasteiger partial charge in [-0.2, -0.15) is 0 Å². The highest BCUT2D eigenvalue weighted by atomic mass is 16.2. The Morgan fingerprint density at radius 2 is 1.80 bits per heavy atom. The molecule has 0 aromatic heterocycles. The molecule has 1 saturated heterocycles. The van der Waals surface area contributed by atoms with Gasteiger partial charge in [0.25, 0.3) is 0 Å². The number of imide groups is 1. The lowest BCUT2D eigenvalue weighted by molar-refractivity contribution is -0.140. The highest BCUT2D eigenvalue weighted by Crippen LogP contribution is 2.25. The van der Waals surface area contributed by atoms with E-state index in [-0.39, 0.29) is 42.5 Å². The van der Waals surface area contributed by atoms with Crippen molar-refractivity contribution in [2.75, 3.05) is 6.54 Å². The number of nitrogens with one attached hydrogen (secondary N) is 1. The van der Waals surface area contributed by atoms with Crippen molar-refractivity contribution in [1.29, 1.82) is 0 Å². The lowest BCUT2D eigenvalue weighted by Gasteiger charge is -2.13. The minimum absolute atomic E-state index is 0.0490. The first-order valence-electron chi connectivity index (χ1n) is 4.83. The molecule has 6 nitrogen and oxygen atoms in total. The van der Waals surface area contributed by atoms with Gasteiger partial charge in [-0.15, -0.1) is 0 Å². The minimum atomic E-state index is -0.386. The molecule has 0 aliphatic carbocycles. The molecule has 2 unspecified atom stereocenters. The van der Waals surface area contributed by atoms with Crippen LogP contribution in [0.15, 0.2) is 0 Å². The van der Waals surface area contributed by atoms with Gasteiger partial charge >= 0.3 is 0 Å². The summed E-state index contributed by atoms with van der Waals surface area (Å²) in [6, 6.07) is 0. The van der Waals surface area contributed by atoms with E-state index in [0.29, 0.717) is 0 Å². The molecule has 1 fully saturated rings. The van der Waals surface area contributed by atoms with Gasteiger partial charge in [0.15, 0.2) is 0 Å². The smallest absolute Gasteiger partial charge is 0.235 e. The number of carbonyl (C=O) groups is 3. The molecule has 1 rings (SSSR count). The van der Waals surface area contributed by atoms with Crippen LogP contribution in [-0.4, -0.2) is 29.2 Å². The summed E-state index contributed by atoms with van der Waals surface area (Å²) in [4.78, 5) is 35.1. The Morgan fingerprint density at radius 1 is 1.33 bits per heavy atom. The Bertz CT molecular complexity index is 283. The maximum absolute atomic E-state index is 11.6. The van der Waals surface area contributed by atoms with Crippen molar-refractivity contribution in [2.45, 2.75) is 20.3 Å². The fourth-order valence-electron chi connectivity index (χ4n) is 1.53. The Kier molecular flexibility index (Phi) is 3.41. The van der Waals surface area contributed by atoms with Crippen molar-refractivity contribution >= 4 is 17.7 Å². The predicted octanol–water partition coefficient (Wildman–Crippen LogP) is -0.993. The summed E-state index contributed by atoms with van der Waals surface area (Å²) in [5.41, 5.74) is 1.95. The van der Waals surface area contributed by atoms with Crippen LogP contribution < -0.4 is 11.3 Å². The standard InChI is InChI=1S/C9H15N3O3/c1-5-6(2)9(15)12(8(5)14)4-3-7(13)11-10/h5-6H,3-4,10H2,1-2H3,(H,11,13). The number of nitrogens with zero attached hydrogens (tertiary/aromatic N) is 1. The third-order valence-electron chi connectivity index (χ3n) is 2.78. The lowest BCUT2D eigenvalue weighted by Crippen LogP contribution is -2.37. The summed E-state index contributed by atoms with van der Waals surface area (Å²) in [6.45, 7) is 3.54. The molecule has 0 saturated carbocycles. The molecular weight excluding hydrogens is 198 g/mol. The van der Waals surface area contributed by atoms with Crippen LogP contribution in [0.5, 0.6) is 0 Å². The summed E-state index contributed by atoms with van der Waals surface area (Å²) in [6.07, 6.45) is 0.0490. The van der Waals surface area contributed by atoms with Crippen molar-refractivity contribution in [3.05, 3.63) is 0 Å². The van der Waals surface area contributed by atoms with Gasteiger partial charge in [-0.1, -0.05) is 13.8 Å². The first kappa shape index (κ1) is 11.6. The number of rotatable bonds is 3. The molecule has 1 aliphatic heterocycles. The van der Waals surface area contributed by atoms with Crippen LogP contribution in [-0.2, 0) is 14.4 Å². The highest BCUT2D eigenvalue weighted by Gasteiger charge is 2.41. The van der Waals surface area contributed by atoms with E-state index in [2.05, 4.69) is 0 Å². The lowest BCUT2D eigenvalue weighted by atomic mass is 10.00. The van der Waals surface area contributed by atoms with Gasteiger partial charge in [0.05, 0.1) is 0 Å². The monoisotopic (exact) mass is 213 g/mol. The Balaban J connectivity index is 2.59. The topological polar surface area (TPSA) is 92.5 Å². The van der Waals surface area contributed by atoms with Crippen molar-refractivity contribution in [3.8, 4) is 0 Å². The first-order valence-corrected chi connectivity index (χ1v) is 4.83. The average Bonchev–Trinajstić information content (AvgIpc) is 2.41. The van der Waals surface area contributed by atoms with Crippen LogP contribution in [0.3, 0.4) is 0 Å².